The number of carboxylic acids is 1. The first kappa shape index (κ1) is 16.9. The Bertz CT molecular complexity index is 549. The fourth-order valence-electron chi connectivity index (χ4n) is 1.68. The Morgan fingerprint density at radius 3 is 2.63 bits per heavy atom. The molecule has 2 rings (SSSR count). The van der Waals surface area contributed by atoms with Crippen molar-refractivity contribution in [2.24, 2.45) is 0 Å². The van der Waals surface area contributed by atoms with Gasteiger partial charge < -0.3 is 9.90 Å². The molecule has 0 N–H and O–H groups in total. The number of para-hydroxylation sites is 1. The van der Waals surface area contributed by atoms with Crippen LogP contribution in [-0.2, 0) is 16.0 Å². The molecule has 0 radical (unpaired) electrons. The van der Waals surface area contributed by atoms with Crippen molar-refractivity contribution in [1.82, 2.24) is 4.98 Å². The van der Waals surface area contributed by atoms with Crippen molar-refractivity contribution in [3.8, 4) is 0 Å². The van der Waals surface area contributed by atoms with Crippen LogP contribution in [0, 0.1) is 0 Å². The molecule has 0 fully saturated rings. The van der Waals surface area contributed by atoms with E-state index in [0.717, 1.165) is 15.2 Å². The van der Waals surface area contributed by atoms with E-state index in [1.165, 1.54) is 11.3 Å². The number of aliphatic carboxylic acids is 1. The second kappa shape index (κ2) is 8.24. The maximum Gasteiger partial charge on any atom is 1.00 e. The number of benzene rings is 1. The summed E-state index contributed by atoms with van der Waals surface area (Å²) in [6.45, 7) is 0. The number of carbonyl (C=O) groups excluding carboxylic acids is 2. The van der Waals surface area contributed by atoms with Gasteiger partial charge in [-0.3, -0.25) is 4.79 Å². The predicted octanol–water partition coefficient (Wildman–Crippen LogP) is -1.67. The van der Waals surface area contributed by atoms with Gasteiger partial charge in [-0.15, -0.1) is 11.3 Å². The van der Waals surface area contributed by atoms with Gasteiger partial charge in [0.05, 0.1) is 16.6 Å². The number of hydrogen-bond donors (Lipinski definition) is 0. The zero-order valence-corrected chi connectivity index (χ0v) is 14.7. The summed E-state index contributed by atoms with van der Waals surface area (Å²) in [6.07, 6.45) is 0.827. The molecule has 0 atom stereocenters. The molecule has 1 aromatic heterocycles. The molecule has 0 aliphatic heterocycles. The van der Waals surface area contributed by atoms with Crippen molar-refractivity contribution < 1.29 is 66.1 Å². The summed E-state index contributed by atoms with van der Waals surface area (Å²) < 4.78 is 1.06. The van der Waals surface area contributed by atoms with Gasteiger partial charge in [0, 0.05) is 12.4 Å². The van der Waals surface area contributed by atoms with Gasteiger partial charge in [-0.05, 0) is 25.0 Å². The molecular weight excluding hydrogens is 289 g/mol. The van der Waals surface area contributed by atoms with Gasteiger partial charge in [0.15, 0.2) is 0 Å². The van der Waals surface area contributed by atoms with Crippen LogP contribution in [0.25, 0.3) is 10.2 Å². The maximum atomic E-state index is 11.6. The van der Waals surface area contributed by atoms with E-state index in [9.17, 15) is 14.7 Å². The summed E-state index contributed by atoms with van der Waals surface area (Å²) in [5.74, 6) is -1.09. The molecule has 0 spiro atoms. The third-order valence-corrected chi connectivity index (χ3v) is 3.56. The molecule has 19 heavy (non-hydrogen) atoms. The molecule has 0 bridgehead atoms. The van der Waals surface area contributed by atoms with Crippen LogP contribution in [0.5, 0.6) is 0 Å². The number of carboxylic acid groups (broad SMARTS) is 1. The van der Waals surface area contributed by atoms with Crippen molar-refractivity contribution in [1.29, 1.82) is 0 Å². The first-order valence-electron chi connectivity index (χ1n) is 5.71. The molecule has 0 unspecified atom stereocenters. The zero-order chi connectivity index (χ0) is 13.0. The number of thiazole rings is 1. The van der Waals surface area contributed by atoms with Crippen molar-refractivity contribution >= 4 is 33.3 Å². The normalized spacial score (nSPS) is 10.1. The molecule has 94 valence electrons. The Balaban J connectivity index is 0.00000180. The molecular formula is C13H12KNO3S. The van der Waals surface area contributed by atoms with Crippen LogP contribution >= 0.6 is 11.3 Å². The monoisotopic (exact) mass is 301 g/mol. The largest absolute Gasteiger partial charge is 1.00 e. The topological polar surface area (TPSA) is 70.1 Å². The Kier molecular flexibility index (Phi) is 7.34. The predicted molar refractivity (Wildman–Crippen MR) is 67.2 cm³/mol. The second-order valence-corrected chi connectivity index (χ2v) is 5.13. The van der Waals surface area contributed by atoms with Crippen molar-refractivity contribution in [3.63, 3.8) is 0 Å². The van der Waals surface area contributed by atoms with Gasteiger partial charge in [0.2, 0.25) is 0 Å². The number of hydrogen-bond acceptors (Lipinski definition) is 5. The first-order valence-corrected chi connectivity index (χ1v) is 6.53. The summed E-state index contributed by atoms with van der Waals surface area (Å²) in [5.41, 5.74) is 0.903. The number of fused-ring (bicyclic) bond motifs is 1. The fourth-order valence-corrected chi connectivity index (χ4v) is 2.68. The van der Waals surface area contributed by atoms with Crippen LogP contribution in [0.2, 0.25) is 0 Å². The summed E-state index contributed by atoms with van der Waals surface area (Å²) in [4.78, 5) is 26.2. The summed E-state index contributed by atoms with van der Waals surface area (Å²) >= 11 is 1.50. The Morgan fingerprint density at radius 1 is 1.21 bits per heavy atom. The van der Waals surface area contributed by atoms with Gasteiger partial charge in [-0.25, -0.2) is 4.98 Å². The van der Waals surface area contributed by atoms with E-state index in [2.05, 4.69) is 4.98 Å². The second-order valence-electron chi connectivity index (χ2n) is 4.02. The fraction of sp³-hybridized carbons (Fsp3) is 0.308. The average molecular weight is 301 g/mol. The number of aromatic nitrogens is 1. The molecule has 1 aromatic carbocycles. The maximum absolute atomic E-state index is 11.6. The van der Waals surface area contributed by atoms with E-state index in [-0.39, 0.29) is 76.4 Å². The number of rotatable bonds is 6. The molecule has 6 heteroatoms. The van der Waals surface area contributed by atoms with Gasteiger partial charge >= 0.3 is 51.4 Å². The standard InChI is InChI=1S/C13H13NO3S.K/c15-9(4-3-7-13(16)17)8-12-14-10-5-1-2-6-11(10)18-12;/h1-2,5-6H,3-4,7-8H2,(H,16,17);/q;+1/p-1. The number of carbonyl (C=O) groups is 2. The number of nitrogens with zero attached hydrogens (tertiary/aromatic N) is 1. The van der Waals surface area contributed by atoms with Gasteiger partial charge in [0.1, 0.15) is 10.8 Å². The zero-order valence-electron chi connectivity index (χ0n) is 10.7. The minimum atomic E-state index is -1.11. The Labute approximate surface area is 157 Å². The van der Waals surface area contributed by atoms with Gasteiger partial charge in [0.25, 0.3) is 0 Å². The van der Waals surface area contributed by atoms with Crippen LogP contribution in [-0.4, -0.2) is 16.7 Å². The molecule has 1 heterocycles. The van der Waals surface area contributed by atoms with E-state index >= 15 is 0 Å². The van der Waals surface area contributed by atoms with E-state index in [1.807, 2.05) is 24.3 Å². The molecule has 0 saturated carbocycles. The van der Waals surface area contributed by atoms with Crippen LogP contribution in [0.15, 0.2) is 24.3 Å². The number of Topliss-reactive ketones (excluding diaryl/α,β-unsaturated/α-hetero) is 1. The van der Waals surface area contributed by atoms with Crippen LogP contribution in [0.4, 0.5) is 0 Å². The van der Waals surface area contributed by atoms with Gasteiger partial charge in [-0.1, -0.05) is 12.1 Å². The molecule has 0 amide bonds. The van der Waals surface area contributed by atoms with E-state index in [1.54, 1.807) is 0 Å². The Morgan fingerprint density at radius 2 is 1.95 bits per heavy atom. The molecule has 0 saturated heterocycles. The van der Waals surface area contributed by atoms with Crippen LogP contribution in [0.1, 0.15) is 24.3 Å². The molecule has 0 aliphatic carbocycles. The van der Waals surface area contributed by atoms with E-state index < -0.39 is 5.97 Å². The smallest absolute Gasteiger partial charge is 0.550 e. The van der Waals surface area contributed by atoms with Crippen LogP contribution < -0.4 is 56.5 Å². The first-order chi connectivity index (χ1) is 8.65. The SMILES string of the molecule is O=C([O-])CCCC(=O)Cc1nc2ccccc2s1.[K+]. The average Bonchev–Trinajstić information content (AvgIpc) is 2.70. The van der Waals surface area contributed by atoms with Crippen molar-refractivity contribution in [3.05, 3.63) is 29.3 Å². The molecule has 4 nitrogen and oxygen atoms in total. The van der Waals surface area contributed by atoms with Gasteiger partial charge in [-0.2, -0.15) is 0 Å². The molecule has 0 aliphatic rings. The summed E-state index contributed by atoms with van der Waals surface area (Å²) in [5, 5.41) is 11.0. The minimum absolute atomic E-state index is 0. The third kappa shape index (κ3) is 5.41. The van der Waals surface area contributed by atoms with Crippen LogP contribution in [0.3, 0.4) is 0 Å². The Hall–Kier alpha value is -0.114. The molecule has 2 aromatic rings. The van der Waals surface area contributed by atoms with E-state index in [4.69, 9.17) is 0 Å². The summed E-state index contributed by atoms with van der Waals surface area (Å²) in [7, 11) is 0. The third-order valence-electron chi connectivity index (χ3n) is 2.52. The van der Waals surface area contributed by atoms with Crippen molar-refractivity contribution in [2.75, 3.05) is 0 Å². The number of ketones is 1. The van der Waals surface area contributed by atoms with Crippen molar-refractivity contribution in [2.45, 2.75) is 25.7 Å². The summed E-state index contributed by atoms with van der Waals surface area (Å²) in [6, 6.07) is 7.73. The van der Waals surface area contributed by atoms with E-state index in [0.29, 0.717) is 6.42 Å². The quantitative estimate of drug-likeness (QED) is 0.598. The minimum Gasteiger partial charge on any atom is -0.550 e.